The molecule has 4 N–H and O–H groups in total. The minimum Gasteiger partial charge on any atom is -0.453 e. The Morgan fingerprint density at radius 2 is 1.33 bits per heavy atom. The highest BCUT2D eigenvalue weighted by molar-refractivity contribution is 5.87. The first kappa shape index (κ1) is 42.0. The van der Waals surface area contributed by atoms with Crippen molar-refractivity contribution in [1.82, 2.24) is 40.4 Å². The highest BCUT2D eigenvalue weighted by Crippen LogP contribution is 2.58. The van der Waals surface area contributed by atoms with Crippen LogP contribution in [0.25, 0.3) is 22.5 Å². The fourth-order valence-corrected chi connectivity index (χ4v) is 7.92. The first-order chi connectivity index (χ1) is 28.7. The number of rotatable bonds is 13. The number of nitrogens with one attached hydrogen (secondary N) is 4. The highest BCUT2D eigenvalue weighted by atomic mass is 16.5. The molecule has 4 amide bonds. The van der Waals surface area contributed by atoms with Crippen LogP contribution in [0.1, 0.15) is 95.5 Å². The molecule has 3 atom stereocenters. The van der Waals surface area contributed by atoms with Crippen molar-refractivity contribution in [2.24, 2.45) is 22.7 Å². The third kappa shape index (κ3) is 9.67. The van der Waals surface area contributed by atoms with E-state index in [1.165, 1.54) is 14.2 Å². The van der Waals surface area contributed by atoms with Gasteiger partial charge in [-0.15, -0.1) is 0 Å². The molecule has 2 aliphatic carbocycles. The number of carbonyl (C=O) groups excluding carboxylic acids is 4. The minimum absolute atomic E-state index is 0.0631. The molecule has 3 fully saturated rings. The molecule has 2 aromatic carbocycles. The van der Waals surface area contributed by atoms with Crippen molar-refractivity contribution in [3.8, 4) is 34.4 Å². The number of hydrogen-bond donors (Lipinski definition) is 4. The summed E-state index contributed by atoms with van der Waals surface area (Å²) in [6, 6.07) is 14.3. The van der Waals surface area contributed by atoms with Gasteiger partial charge in [0, 0.05) is 24.2 Å². The summed E-state index contributed by atoms with van der Waals surface area (Å²) in [4.78, 5) is 71.6. The maximum Gasteiger partial charge on any atom is 0.407 e. The van der Waals surface area contributed by atoms with Crippen molar-refractivity contribution in [2.75, 3.05) is 27.3 Å². The number of amides is 4. The van der Waals surface area contributed by atoms with Gasteiger partial charge in [-0.3, -0.25) is 9.59 Å². The first-order valence-electron chi connectivity index (χ1n) is 20.8. The zero-order valence-electron chi connectivity index (χ0n) is 35.6. The van der Waals surface area contributed by atoms with Gasteiger partial charge in [-0.05, 0) is 90.2 Å². The van der Waals surface area contributed by atoms with Crippen LogP contribution in [0.4, 0.5) is 9.59 Å². The van der Waals surface area contributed by atoms with Crippen LogP contribution in [0.15, 0.2) is 60.9 Å². The van der Waals surface area contributed by atoms with Gasteiger partial charge in [-0.1, -0.05) is 70.7 Å². The third-order valence-corrected chi connectivity index (χ3v) is 12.1. The average Bonchev–Trinajstić information content (AvgIpc) is 3.92. The maximum absolute atomic E-state index is 13.8. The number of hydrogen-bond acceptors (Lipinski definition) is 8. The number of likely N-dealkylation sites (tertiary alicyclic amines) is 1. The Labute approximate surface area is 351 Å². The van der Waals surface area contributed by atoms with Gasteiger partial charge in [0.2, 0.25) is 11.8 Å². The summed E-state index contributed by atoms with van der Waals surface area (Å²) < 4.78 is 9.59. The van der Waals surface area contributed by atoms with Crippen LogP contribution < -0.4 is 10.6 Å². The van der Waals surface area contributed by atoms with Crippen molar-refractivity contribution in [3.05, 3.63) is 83.7 Å². The second-order valence-corrected chi connectivity index (χ2v) is 17.7. The van der Waals surface area contributed by atoms with Crippen LogP contribution in [0.3, 0.4) is 0 Å². The van der Waals surface area contributed by atoms with Crippen LogP contribution in [-0.2, 0) is 25.6 Å². The van der Waals surface area contributed by atoms with Gasteiger partial charge in [0.25, 0.3) is 0 Å². The standard InChI is InChI=1S/C46H56N8O6/c1-28(2)38(51-43(57)59-6)41(55)53(26-45(5)18-19-45)25-37-47-23-34(49-37)32-14-10-30(11-15-32)8-9-31-12-16-33(17-13-31)35-24-48-40(50-35)36-22-46(20-21-46)27-54(36)42(56)39(29(3)4)52-44(58)60-7/h10-17,23-24,28-29,36,38-39H,18-22,25-27H2,1-7H3,(H,47,49)(H,48,50)(H,51,57)(H,52,58). The SMILES string of the molecule is COC(=O)NC(C(=O)N(Cc1ncc(-c2ccc(C#Cc3ccc(-c4cnc(C5CC6(CC6)CN5C(=O)C(NC(=O)OC)C(C)C)[nH]4)cc3)cc2)[nH]1)CC1(C)CC1)C(C)C. The van der Waals surface area contributed by atoms with Gasteiger partial charge >= 0.3 is 12.2 Å². The molecule has 14 heteroatoms. The van der Waals surface area contributed by atoms with E-state index >= 15 is 0 Å². The summed E-state index contributed by atoms with van der Waals surface area (Å²) >= 11 is 0. The third-order valence-electron chi connectivity index (χ3n) is 12.1. The minimum atomic E-state index is -0.711. The van der Waals surface area contributed by atoms with Crippen molar-refractivity contribution in [2.45, 2.75) is 91.4 Å². The maximum atomic E-state index is 13.8. The van der Waals surface area contributed by atoms with E-state index in [2.05, 4.69) is 44.4 Å². The number of aromatic amines is 2. The van der Waals surface area contributed by atoms with E-state index in [4.69, 9.17) is 14.5 Å². The van der Waals surface area contributed by atoms with Gasteiger partial charge in [0.1, 0.15) is 23.7 Å². The predicted octanol–water partition coefficient (Wildman–Crippen LogP) is 6.81. The van der Waals surface area contributed by atoms with Gasteiger partial charge < -0.3 is 39.9 Å². The Bertz CT molecular complexity index is 2260. The second kappa shape index (κ2) is 17.2. The van der Waals surface area contributed by atoms with E-state index in [0.717, 1.165) is 71.6 Å². The van der Waals surface area contributed by atoms with E-state index in [0.29, 0.717) is 25.5 Å². The van der Waals surface area contributed by atoms with Crippen molar-refractivity contribution in [1.29, 1.82) is 0 Å². The van der Waals surface area contributed by atoms with Crippen LogP contribution in [0, 0.1) is 34.5 Å². The van der Waals surface area contributed by atoms with Crippen LogP contribution in [-0.4, -0.2) is 93.1 Å². The lowest BCUT2D eigenvalue weighted by molar-refractivity contribution is -0.136. The topological polar surface area (TPSA) is 175 Å². The van der Waals surface area contributed by atoms with Gasteiger partial charge in [-0.25, -0.2) is 19.6 Å². The summed E-state index contributed by atoms with van der Waals surface area (Å²) in [5, 5.41) is 5.45. The van der Waals surface area contributed by atoms with E-state index in [9.17, 15) is 19.2 Å². The number of alkyl carbamates (subject to hydrolysis) is 2. The van der Waals surface area contributed by atoms with Crippen molar-refractivity contribution < 1.29 is 28.7 Å². The zero-order chi connectivity index (χ0) is 42.8. The Hall–Kier alpha value is -6.10. The largest absolute Gasteiger partial charge is 0.453 e. The molecule has 316 valence electrons. The average molecular weight is 817 g/mol. The quantitative estimate of drug-likeness (QED) is 0.107. The lowest BCUT2D eigenvalue weighted by atomic mass is 10.0. The molecule has 2 aromatic heterocycles. The second-order valence-electron chi connectivity index (χ2n) is 17.7. The molecule has 7 rings (SSSR count). The monoisotopic (exact) mass is 816 g/mol. The van der Waals surface area contributed by atoms with Crippen LogP contribution in [0.2, 0.25) is 0 Å². The molecule has 3 unspecified atom stereocenters. The van der Waals surface area contributed by atoms with Crippen molar-refractivity contribution in [3.63, 3.8) is 0 Å². The summed E-state index contributed by atoms with van der Waals surface area (Å²) in [5.41, 5.74) is 5.49. The highest BCUT2D eigenvalue weighted by Gasteiger charge is 2.55. The molecular weight excluding hydrogens is 761 g/mol. The molecule has 0 radical (unpaired) electrons. The fourth-order valence-electron chi connectivity index (χ4n) is 7.92. The van der Waals surface area contributed by atoms with E-state index < -0.39 is 24.3 Å². The van der Waals surface area contributed by atoms with E-state index in [-0.39, 0.29) is 40.5 Å². The Morgan fingerprint density at radius 1 is 0.800 bits per heavy atom. The van der Waals surface area contributed by atoms with Crippen LogP contribution in [0.5, 0.6) is 0 Å². The summed E-state index contributed by atoms with van der Waals surface area (Å²) in [7, 11) is 2.59. The normalized spacial score (nSPS) is 18.0. The Balaban J connectivity index is 0.985. The van der Waals surface area contributed by atoms with E-state index in [1.54, 1.807) is 11.1 Å². The van der Waals surface area contributed by atoms with Crippen LogP contribution >= 0.6 is 0 Å². The molecular formula is C46H56N8O6. The lowest BCUT2D eigenvalue weighted by Gasteiger charge is -2.31. The molecule has 3 heterocycles. The van der Waals surface area contributed by atoms with E-state index in [1.807, 2.05) is 87.3 Å². The van der Waals surface area contributed by atoms with Gasteiger partial charge in [0.05, 0.1) is 50.6 Å². The number of H-pyrrole nitrogens is 2. The molecule has 1 spiro atoms. The smallest absolute Gasteiger partial charge is 0.407 e. The summed E-state index contributed by atoms with van der Waals surface area (Å²) in [6.45, 7) is 11.3. The molecule has 60 heavy (non-hydrogen) atoms. The van der Waals surface area contributed by atoms with Gasteiger partial charge in [0.15, 0.2) is 0 Å². The molecule has 1 aliphatic heterocycles. The lowest BCUT2D eigenvalue weighted by Crippen LogP contribution is -2.52. The number of methoxy groups -OCH3 is 2. The zero-order valence-corrected chi connectivity index (χ0v) is 35.6. The molecule has 0 bridgehead atoms. The number of carbonyl (C=O) groups is 4. The Morgan fingerprint density at radius 3 is 1.85 bits per heavy atom. The molecule has 4 aromatic rings. The summed E-state index contributed by atoms with van der Waals surface area (Å²) in [6.07, 6.45) is 7.44. The molecule has 1 saturated heterocycles. The van der Waals surface area contributed by atoms with Crippen molar-refractivity contribution >= 4 is 24.0 Å². The number of aromatic nitrogens is 4. The molecule has 14 nitrogen and oxygen atoms in total. The fraction of sp³-hybridized carbons (Fsp3) is 0.478. The molecule has 3 aliphatic rings. The van der Waals surface area contributed by atoms with Gasteiger partial charge in [-0.2, -0.15) is 0 Å². The predicted molar refractivity (Wildman–Crippen MR) is 226 cm³/mol. The number of nitrogens with zero attached hydrogens (tertiary/aromatic N) is 4. The number of benzene rings is 2. The summed E-state index contributed by atoms with van der Waals surface area (Å²) in [5.74, 6) is 7.42. The Kier molecular flexibility index (Phi) is 12.1. The number of ether oxygens (including phenoxy) is 2. The first-order valence-corrected chi connectivity index (χ1v) is 20.8. The number of imidazole rings is 2. The molecule has 2 saturated carbocycles.